The van der Waals surface area contributed by atoms with Crippen molar-refractivity contribution >= 4 is 11.7 Å². The molecule has 0 bridgehead atoms. The first-order valence-electron chi connectivity index (χ1n) is 10.7. The summed E-state index contributed by atoms with van der Waals surface area (Å²) in [4.78, 5) is 21.5. The number of rotatable bonds is 2. The minimum absolute atomic E-state index is 0.211. The number of piperazine rings is 2. The topological polar surface area (TPSA) is 30.0 Å². The van der Waals surface area contributed by atoms with Crippen LogP contribution >= 0.6 is 0 Å². The zero-order valence-electron chi connectivity index (χ0n) is 17.9. The van der Waals surface area contributed by atoms with E-state index < -0.39 is 0 Å². The van der Waals surface area contributed by atoms with E-state index in [-0.39, 0.29) is 6.03 Å². The van der Waals surface area contributed by atoms with Gasteiger partial charge >= 0.3 is 6.03 Å². The van der Waals surface area contributed by atoms with Crippen molar-refractivity contribution in [2.45, 2.75) is 13.8 Å². The third-order valence-electron chi connectivity index (χ3n) is 6.47. The van der Waals surface area contributed by atoms with Gasteiger partial charge in [-0.05, 0) is 55.3 Å². The van der Waals surface area contributed by atoms with Gasteiger partial charge in [-0.15, -0.1) is 0 Å². The fourth-order valence-corrected chi connectivity index (χ4v) is 4.27. The van der Waals surface area contributed by atoms with Gasteiger partial charge in [0, 0.05) is 58.0 Å². The van der Waals surface area contributed by atoms with Crippen LogP contribution < -0.4 is 4.90 Å². The minimum Gasteiger partial charge on any atom is -0.368 e. The number of anilines is 1. The van der Waals surface area contributed by atoms with E-state index in [1.807, 2.05) is 9.80 Å². The Morgan fingerprint density at radius 3 is 1.97 bits per heavy atom. The van der Waals surface area contributed by atoms with E-state index in [4.69, 9.17) is 0 Å². The van der Waals surface area contributed by atoms with Gasteiger partial charge in [0.2, 0.25) is 0 Å². The lowest BCUT2D eigenvalue weighted by Gasteiger charge is -2.40. The van der Waals surface area contributed by atoms with Crippen molar-refractivity contribution < 1.29 is 4.79 Å². The van der Waals surface area contributed by atoms with Crippen molar-refractivity contribution in [3.63, 3.8) is 0 Å². The maximum atomic E-state index is 12.8. The van der Waals surface area contributed by atoms with Gasteiger partial charge in [-0.1, -0.05) is 30.3 Å². The SMILES string of the molecule is Cc1cccc(-c2ccc(N3CCN(C(=O)N4CCN(C)CC4)CC3)cc2)c1C. The van der Waals surface area contributed by atoms with Gasteiger partial charge in [-0.2, -0.15) is 0 Å². The third-order valence-corrected chi connectivity index (χ3v) is 6.47. The average Bonchev–Trinajstić information content (AvgIpc) is 2.76. The molecule has 0 unspecified atom stereocenters. The van der Waals surface area contributed by atoms with Gasteiger partial charge in [-0.3, -0.25) is 0 Å². The number of nitrogens with zero attached hydrogens (tertiary/aromatic N) is 4. The Labute approximate surface area is 174 Å². The first kappa shape index (κ1) is 19.8. The molecule has 0 spiro atoms. The van der Waals surface area contributed by atoms with Gasteiger partial charge in [0.1, 0.15) is 0 Å². The summed E-state index contributed by atoms with van der Waals surface area (Å²) in [5, 5.41) is 0. The van der Waals surface area contributed by atoms with E-state index in [9.17, 15) is 4.79 Å². The number of hydrogen-bond acceptors (Lipinski definition) is 3. The van der Waals surface area contributed by atoms with Gasteiger partial charge in [0.25, 0.3) is 0 Å². The summed E-state index contributed by atoms with van der Waals surface area (Å²) in [6.45, 7) is 11.4. The van der Waals surface area contributed by atoms with Crippen molar-refractivity contribution in [3.8, 4) is 11.1 Å². The van der Waals surface area contributed by atoms with Crippen molar-refractivity contribution in [2.24, 2.45) is 0 Å². The number of urea groups is 1. The number of amides is 2. The molecule has 5 nitrogen and oxygen atoms in total. The van der Waals surface area contributed by atoms with Crippen LogP contribution in [0.25, 0.3) is 11.1 Å². The van der Waals surface area contributed by atoms with Crippen LogP contribution in [-0.2, 0) is 0 Å². The van der Waals surface area contributed by atoms with E-state index >= 15 is 0 Å². The molecule has 0 aromatic heterocycles. The number of carbonyl (C=O) groups excluding carboxylic acids is 1. The van der Waals surface area contributed by atoms with Gasteiger partial charge < -0.3 is 19.6 Å². The number of hydrogen-bond donors (Lipinski definition) is 0. The second-order valence-corrected chi connectivity index (χ2v) is 8.34. The van der Waals surface area contributed by atoms with Crippen LogP contribution in [0, 0.1) is 13.8 Å². The van der Waals surface area contributed by atoms with Crippen LogP contribution in [-0.4, -0.2) is 80.1 Å². The van der Waals surface area contributed by atoms with Crippen LogP contribution in [0.4, 0.5) is 10.5 Å². The minimum atomic E-state index is 0.211. The number of likely N-dealkylation sites (N-methyl/N-ethyl adjacent to an activating group) is 1. The summed E-state index contributed by atoms with van der Waals surface area (Å²) in [5.74, 6) is 0. The monoisotopic (exact) mass is 392 g/mol. The molecule has 2 aliphatic rings. The summed E-state index contributed by atoms with van der Waals surface area (Å²) in [6.07, 6.45) is 0. The molecule has 2 heterocycles. The van der Waals surface area contributed by atoms with Crippen LogP contribution in [0.3, 0.4) is 0 Å². The zero-order valence-corrected chi connectivity index (χ0v) is 17.9. The Bertz CT molecular complexity index is 848. The lowest BCUT2D eigenvalue weighted by Crippen LogP contribution is -2.56. The van der Waals surface area contributed by atoms with Crippen molar-refractivity contribution in [3.05, 3.63) is 53.6 Å². The van der Waals surface area contributed by atoms with Crippen molar-refractivity contribution in [1.29, 1.82) is 0 Å². The molecule has 0 saturated carbocycles. The Hall–Kier alpha value is -2.53. The third kappa shape index (κ3) is 4.25. The summed E-state index contributed by atoms with van der Waals surface area (Å²) in [7, 11) is 2.12. The van der Waals surface area contributed by atoms with Gasteiger partial charge in [0.15, 0.2) is 0 Å². The highest BCUT2D eigenvalue weighted by atomic mass is 16.2. The first-order chi connectivity index (χ1) is 14.0. The normalized spacial score (nSPS) is 18.2. The molecule has 0 N–H and O–H groups in total. The quantitative estimate of drug-likeness (QED) is 0.784. The maximum Gasteiger partial charge on any atom is 0.320 e. The molecule has 4 rings (SSSR count). The van der Waals surface area contributed by atoms with Crippen molar-refractivity contribution in [1.82, 2.24) is 14.7 Å². The van der Waals surface area contributed by atoms with Crippen LogP contribution in [0.2, 0.25) is 0 Å². The summed E-state index contributed by atoms with van der Waals surface area (Å²) in [5.41, 5.74) is 6.48. The smallest absolute Gasteiger partial charge is 0.320 e. The number of benzene rings is 2. The molecule has 2 fully saturated rings. The molecule has 2 saturated heterocycles. The molecule has 2 aromatic rings. The molecule has 5 heteroatoms. The highest BCUT2D eigenvalue weighted by molar-refractivity contribution is 5.75. The molecule has 2 amide bonds. The van der Waals surface area contributed by atoms with Crippen LogP contribution in [0.1, 0.15) is 11.1 Å². The highest BCUT2D eigenvalue weighted by Gasteiger charge is 2.27. The van der Waals surface area contributed by atoms with E-state index in [2.05, 4.69) is 73.2 Å². The second kappa shape index (κ2) is 8.46. The Balaban J connectivity index is 1.36. The molecular weight excluding hydrogens is 360 g/mol. The zero-order chi connectivity index (χ0) is 20.4. The molecule has 2 aromatic carbocycles. The van der Waals surface area contributed by atoms with E-state index in [0.29, 0.717) is 0 Å². The van der Waals surface area contributed by atoms with Gasteiger partial charge in [0.05, 0.1) is 0 Å². The predicted octanol–water partition coefficient (Wildman–Crippen LogP) is 3.46. The molecule has 0 radical (unpaired) electrons. The van der Waals surface area contributed by atoms with Gasteiger partial charge in [-0.25, -0.2) is 4.79 Å². The highest BCUT2D eigenvalue weighted by Crippen LogP contribution is 2.28. The van der Waals surface area contributed by atoms with E-state index in [1.54, 1.807) is 0 Å². The second-order valence-electron chi connectivity index (χ2n) is 8.34. The lowest BCUT2D eigenvalue weighted by atomic mass is 9.97. The first-order valence-corrected chi connectivity index (χ1v) is 10.7. The Kier molecular flexibility index (Phi) is 5.76. The fraction of sp³-hybridized carbons (Fsp3) is 0.458. The summed E-state index contributed by atoms with van der Waals surface area (Å²) in [6, 6.07) is 15.6. The largest absolute Gasteiger partial charge is 0.368 e. The average molecular weight is 393 g/mol. The van der Waals surface area contributed by atoms with Crippen molar-refractivity contribution in [2.75, 3.05) is 64.3 Å². The molecular formula is C24H32N4O. The summed E-state index contributed by atoms with van der Waals surface area (Å²) < 4.78 is 0. The number of carbonyl (C=O) groups is 1. The predicted molar refractivity (Wildman–Crippen MR) is 120 cm³/mol. The molecule has 2 aliphatic heterocycles. The molecule has 154 valence electrons. The van der Waals surface area contributed by atoms with Crippen LogP contribution in [0.15, 0.2) is 42.5 Å². The van der Waals surface area contributed by atoms with Crippen LogP contribution in [0.5, 0.6) is 0 Å². The van der Waals surface area contributed by atoms with E-state index in [1.165, 1.54) is 27.9 Å². The molecule has 0 atom stereocenters. The Morgan fingerprint density at radius 1 is 0.759 bits per heavy atom. The standard InChI is InChI=1S/C24H32N4O/c1-19-5-4-6-23(20(19)2)21-7-9-22(10-8-21)26-15-17-28(18-16-26)24(29)27-13-11-25(3)12-14-27/h4-10H,11-18H2,1-3H3. The van der Waals surface area contributed by atoms with E-state index in [0.717, 1.165) is 52.4 Å². The Morgan fingerprint density at radius 2 is 1.34 bits per heavy atom. The lowest BCUT2D eigenvalue weighted by molar-refractivity contribution is 0.120. The number of aryl methyl sites for hydroxylation is 1. The molecule has 29 heavy (non-hydrogen) atoms. The summed E-state index contributed by atoms with van der Waals surface area (Å²) >= 11 is 0. The maximum absolute atomic E-state index is 12.8. The molecule has 0 aliphatic carbocycles. The fourth-order valence-electron chi connectivity index (χ4n) is 4.27.